The van der Waals surface area contributed by atoms with E-state index in [1.54, 1.807) is 0 Å². The quantitative estimate of drug-likeness (QED) is 0.822. The van der Waals surface area contributed by atoms with Crippen LogP contribution in [-0.4, -0.2) is 47.8 Å². The van der Waals surface area contributed by atoms with Crippen LogP contribution >= 0.6 is 0 Å². The van der Waals surface area contributed by atoms with E-state index < -0.39 is 0 Å². The lowest BCUT2D eigenvalue weighted by atomic mass is 9.84. The Hall–Kier alpha value is -0.120. The molecule has 0 aromatic heterocycles. The molecule has 0 bridgehead atoms. The molecule has 0 radical (unpaired) electrons. The molecule has 3 heteroatoms. The third-order valence-electron chi connectivity index (χ3n) is 4.70. The van der Waals surface area contributed by atoms with Gasteiger partial charge in [0.1, 0.15) is 0 Å². The van der Waals surface area contributed by atoms with Gasteiger partial charge in [-0.25, -0.2) is 0 Å². The molecule has 1 heterocycles. The first-order chi connectivity index (χ1) is 8.89. The van der Waals surface area contributed by atoms with Crippen molar-refractivity contribution in [3.05, 3.63) is 0 Å². The van der Waals surface area contributed by atoms with Crippen molar-refractivity contribution in [1.29, 1.82) is 0 Å². The highest BCUT2D eigenvalue weighted by atomic mass is 16.3. The van der Waals surface area contributed by atoms with E-state index >= 15 is 0 Å². The molecule has 112 valence electrons. The lowest BCUT2D eigenvalue weighted by molar-refractivity contribution is 0.0422. The topological polar surface area (TPSA) is 35.5 Å². The second-order valence-electron chi connectivity index (χ2n) is 7.84. The fourth-order valence-electron chi connectivity index (χ4n) is 3.62. The predicted molar refractivity (Wildman–Crippen MR) is 80.3 cm³/mol. The van der Waals surface area contributed by atoms with Crippen molar-refractivity contribution in [3.63, 3.8) is 0 Å². The minimum absolute atomic E-state index is 0.0946. The van der Waals surface area contributed by atoms with Gasteiger partial charge >= 0.3 is 0 Å². The second-order valence-corrected chi connectivity index (χ2v) is 7.84. The minimum Gasteiger partial charge on any atom is -0.392 e. The number of nitrogens with one attached hydrogen (secondary N) is 1. The molecule has 1 aliphatic carbocycles. The van der Waals surface area contributed by atoms with Crippen LogP contribution in [0.4, 0.5) is 0 Å². The van der Waals surface area contributed by atoms with Crippen LogP contribution in [0.5, 0.6) is 0 Å². The van der Waals surface area contributed by atoms with Gasteiger partial charge in [-0.05, 0) is 58.4 Å². The first kappa shape index (κ1) is 15.3. The summed E-state index contributed by atoms with van der Waals surface area (Å²) in [6, 6.07) is 0. The summed E-state index contributed by atoms with van der Waals surface area (Å²) in [6.45, 7) is 11.1. The van der Waals surface area contributed by atoms with E-state index in [4.69, 9.17) is 0 Å². The monoisotopic (exact) mass is 268 g/mol. The van der Waals surface area contributed by atoms with Crippen LogP contribution in [0.2, 0.25) is 0 Å². The zero-order valence-corrected chi connectivity index (χ0v) is 13.0. The number of aliphatic hydroxyl groups excluding tert-OH is 1. The van der Waals surface area contributed by atoms with Gasteiger partial charge in [-0.2, -0.15) is 0 Å². The average molecular weight is 268 g/mol. The summed E-state index contributed by atoms with van der Waals surface area (Å²) in [5.41, 5.74) is 0.654. The molecule has 2 N–H and O–H groups in total. The molecule has 1 unspecified atom stereocenters. The standard InChI is InChI=1S/C16H32N2O/c1-15(2,3)17-12-16(8-4-5-9-16)13-18-10-6-7-14(19)11-18/h14,17,19H,4-13H2,1-3H3. The fraction of sp³-hybridized carbons (Fsp3) is 1.00. The minimum atomic E-state index is -0.0946. The van der Waals surface area contributed by atoms with Gasteiger partial charge in [0.25, 0.3) is 0 Å². The molecule has 19 heavy (non-hydrogen) atoms. The van der Waals surface area contributed by atoms with Gasteiger partial charge in [0.2, 0.25) is 0 Å². The van der Waals surface area contributed by atoms with Gasteiger partial charge in [-0.15, -0.1) is 0 Å². The molecule has 2 aliphatic rings. The predicted octanol–water partition coefficient (Wildman–Crippen LogP) is 2.39. The third-order valence-corrected chi connectivity index (χ3v) is 4.70. The van der Waals surface area contributed by atoms with Crippen molar-refractivity contribution < 1.29 is 5.11 Å². The van der Waals surface area contributed by atoms with E-state index in [-0.39, 0.29) is 11.6 Å². The van der Waals surface area contributed by atoms with Crippen molar-refractivity contribution in [2.75, 3.05) is 26.2 Å². The third kappa shape index (κ3) is 4.73. The first-order valence-electron chi connectivity index (χ1n) is 8.04. The van der Waals surface area contributed by atoms with Crippen LogP contribution in [0.15, 0.2) is 0 Å². The van der Waals surface area contributed by atoms with Crippen LogP contribution in [0.3, 0.4) is 0 Å². The molecule has 1 atom stereocenters. The van der Waals surface area contributed by atoms with Gasteiger partial charge in [-0.3, -0.25) is 0 Å². The molecular formula is C16H32N2O. The Bertz CT molecular complexity index is 279. The molecule has 0 amide bonds. The Morgan fingerprint density at radius 3 is 2.47 bits per heavy atom. The molecule has 3 nitrogen and oxygen atoms in total. The number of aliphatic hydroxyl groups is 1. The van der Waals surface area contributed by atoms with Gasteiger partial charge in [0.15, 0.2) is 0 Å². The Morgan fingerprint density at radius 2 is 1.89 bits per heavy atom. The van der Waals surface area contributed by atoms with Crippen LogP contribution in [0, 0.1) is 5.41 Å². The highest BCUT2D eigenvalue weighted by molar-refractivity contribution is 4.92. The zero-order chi connectivity index (χ0) is 13.9. The maximum atomic E-state index is 9.84. The average Bonchev–Trinajstić information content (AvgIpc) is 2.75. The summed E-state index contributed by atoms with van der Waals surface area (Å²) in [4.78, 5) is 2.50. The van der Waals surface area contributed by atoms with Crippen LogP contribution in [0.1, 0.15) is 59.3 Å². The van der Waals surface area contributed by atoms with E-state index in [2.05, 4.69) is 31.0 Å². The van der Waals surface area contributed by atoms with E-state index in [1.165, 1.54) is 38.8 Å². The summed E-state index contributed by atoms with van der Waals surface area (Å²) < 4.78 is 0. The number of likely N-dealkylation sites (tertiary alicyclic amines) is 1. The zero-order valence-electron chi connectivity index (χ0n) is 13.0. The number of rotatable bonds is 4. The van der Waals surface area contributed by atoms with Crippen molar-refractivity contribution in [3.8, 4) is 0 Å². The second kappa shape index (κ2) is 6.11. The number of hydrogen-bond donors (Lipinski definition) is 2. The van der Waals surface area contributed by atoms with Gasteiger partial charge in [0, 0.05) is 25.2 Å². The molecule has 1 saturated heterocycles. The smallest absolute Gasteiger partial charge is 0.0667 e. The number of piperidine rings is 1. The van der Waals surface area contributed by atoms with Crippen molar-refractivity contribution in [2.45, 2.75) is 70.9 Å². The van der Waals surface area contributed by atoms with Gasteiger partial charge < -0.3 is 15.3 Å². The maximum Gasteiger partial charge on any atom is 0.0667 e. The normalized spacial score (nSPS) is 28.7. The summed E-state index contributed by atoms with van der Waals surface area (Å²) in [5.74, 6) is 0. The van der Waals surface area contributed by atoms with Crippen molar-refractivity contribution in [2.24, 2.45) is 5.41 Å². The Labute approximate surface area is 118 Å². The highest BCUT2D eigenvalue weighted by Crippen LogP contribution is 2.39. The first-order valence-corrected chi connectivity index (χ1v) is 8.04. The SMILES string of the molecule is CC(C)(C)NCC1(CN2CCCC(O)C2)CCCC1. The highest BCUT2D eigenvalue weighted by Gasteiger charge is 2.37. The van der Waals surface area contributed by atoms with Gasteiger partial charge in [0.05, 0.1) is 6.10 Å². The molecule has 2 fully saturated rings. The van der Waals surface area contributed by atoms with E-state index in [0.717, 1.165) is 25.9 Å². The van der Waals surface area contributed by atoms with E-state index in [0.29, 0.717) is 5.41 Å². The van der Waals surface area contributed by atoms with Crippen molar-refractivity contribution >= 4 is 0 Å². The molecule has 0 aromatic rings. The summed E-state index contributed by atoms with van der Waals surface area (Å²) >= 11 is 0. The molecule has 1 aliphatic heterocycles. The largest absolute Gasteiger partial charge is 0.392 e. The molecule has 1 saturated carbocycles. The summed E-state index contributed by atoms with van der Waals surface area (Å²) in [7, 11) is 0. The molecule has 2 rings (SSSR count). The van der Waals surface area contributed by atoms with Crippen molar-refractivity contribution in [1.82, 2.24) is 10.2 Å². The Balaban J connectivity index is 1.91. The fourth-order valence-corrected chi connectivity index (χ4v) is 3.62. The summed E-state index contributed by atoms with van der Waals surface area (Å²) in [6.07, 6.45) is 7.51. The number of hydrogen-bond acceptors (Lipinski definition) is 3. The van der Waals surface area contributed by atoms with Crippen LogP contribution in [-0.2, 0) is 0 Å². The van der Waals surface area contributed by atoms with E-state index in [1.807, 2.05) is 0 Å². The molecular weight excluding hydrogens is 236 g/mol. The Morgan fingerprint density at radius 1 is 1.21 bits per heavy atom. The summed E-state index contributed by atoms with van der Waals surface area (Å²) in [5, 5.41) is 13.6. The maximum absolute atomic E-state index is 9.84. The van der Waals surface area contributed by atoms with Gasteiger partial charge in [-0.1, -0.05) is 12.8 Å². The lowest BCUT2D eigenvalue weighted by Crippen LogP contribution is -2.50. The van der Waals surface area contributed by atoms with Crippen LogP contribution < -0.4 is 5.32 Å². The number of β-amino-alcohol motifs (C(OH)–C–C–N with tert-alkyl or cyclic N) is 1. The Kier molecular flexibility index (Phi) is 4.91. The molecule has 0 aromatic carbocycles. The molecule has 0 spiro atoms. The van der Waals surface area contributed by atoms with Crippen LogP contribution in [0.25, 0.3) is 0 Å². The lowest BCUT2D eigenvalue weighted by Gasteiger charge is -2.40. The number of nitrogens with zero attached hydrogens (tertiary/aromatic N) is 1. The van der Waals surface area contributed by atoms with E-state index in [9.17, 15) is 5.11 Å².